The van der Waals surface area contributed by atoms with E-state index in [9.17, 15) is 18.0 Å². The van der Waals surface area contributed by atoms with Gasteiger partial charge in [-0.1, -0.05) is 6.92 Å². The number of nitrogens with two attached hydrogens (primary N) is 1. The molecule has 0 fully saturated rings. The summed E-state index contributed by atoms with van der Waals surface area (Å²) >= 11 is 1.11. The third-order valence-corrected chi connectivity index (χ3v) is 3.79. The van der Waals surface area contributed by atoms with Gasteiger partial charge in [-0.3, -0.25) is 4.79 Å². The van der Waals surface area contributed by atoms with E-state index in [1.54, 1.807) is 6.92 Å². The lowest BCUT2D eigenvalue weighted by Crippen LogP contribution is -2.10. The molecule has 0 saturated carbocycles. The molecule has 0 unspecified atom stereocenters. The highest BCUT2D eigenvalue weighted by Gasteiger charge is 2.26. The number of hydrogen-bond donors (Lipinski definition) is 2. The Kier molecular flexibility index (Phi) is 5.67. The van der Waals surface area contributed by atoms with Gasteiger partial charge in [-0.05, 0) is 6.42 Å². The Hall–Kier alpha value is -1.44. The number of nitrogen functional groups attached to an aromatic ring is 1. The topological polar surface area (TPSA) is 64.3 Å². The van der Waals surface area contributed by atoms with Crippen LogP contribution in [0.3, 0.4) is 0 Å². The molecule has 0 aliphatic rings. The maximum atomic E-state index is 12.0. The normalized spacial score (nSPS) is 11.4. The van der Waals surface area contributed by atoms with Gasteiger partial charge in [0.2, 0.25) is 0 Å². The number of anilines is 2. The van der Waals surface area contributed by atoms with E-state index in [1.165, 1.54) is 7.11 Å². The van der Waals surface area contributed by atoms with Crippen molar-refractivity contribution >= 4 is 27.8 Å². The molecule has 0 amide bonds. The van der Waals surface area contributed by atoms with Crippen molar-refractivity contribution in [2.24, 2.45) is 0 Å². The van der Waals surface area contributed by atoms with Crippen LogP contribution in [0.4, 0.5) is 23.9 Å². The minimum atomic E-state index is -4.16. The summed E-state index contributed by atoms with van der Waals surface area (Å²) in [4.78, 5) is 12.1. The number of ether oxygens (including phenoxy) is 1. The van der Waals surface area contributed by atoms with E-state index in [4.69, 9.17) is 10.5 Å². The Morgan fingerprint density at radius 1 is 1.45 bits per heavy atom. The van der Waals surface area contributed by atoms with Gasteiger partial charge in [-0.15, -0.1) is 11.3 Å². The van der Waals surface area contributed by atoms with Gasteiger partial charge in [0.25, 0.3) is 0 Å². The van der Waals surface area contributed by atoms with Crippen LogP contribution in [0.2, 0.25) is 0 Å². The first-order valence-electron chi connectivity index (χ1n) is 6.10. The number of ketones is 1. The minimum absolute atomic E-state index is 0.0541. The molecule has 0 aliphatic heterocycles. The number of alkyl halides is 3. The van der Waals surface area contributed by atoms with Gasteiger partial charge < -0.3 is 15.8 Å². The molecule has 4 nitrogen and oxygen atoms in total. The van der Waals surface area contributed by atoms with Gasteiger partial charge >= 0.3 is 6.18 Å². The SMILES string of the molecule is CCC(=O)c1sc(NCCCC(F)(F)F)c(OC)c1N. The Labute approximate surface area is 119 Å². The lowest BCUT2D eigenvalue weighted by Gasteiger charge is -2.08. The maximum Gasteiger partial charge on any atom is 0.389 e. The number of carbonyl (C=O) groups is 1. The van der Waals surface area contributed by atoms with E-state index in [0.29, 0.717) is 22.0 Å². The monoisotopic (exact) mass is 310 g/mol. The lowest BCUT2D eigenvalue weighted by atomic mass is 10.2. The molecule has 0 aliphatic carbocycles. The summed E-state index contributed by atoms with van der Waals surface area (Å²) in [6.45, 7) is 1.85. The summed E-state index contributed by atoms with van der Waals surface area (Å²) in [5, 5.41) is 3.33. The number of methoxy groups -OCH3 is 1. The van der Waals surface area contributed by atoms with E-state index in [-0.39, 0.29) is 24.4 Å². The van der Waals surface area contributed by atoms with Crippen molar-refractivity contribution in [2.75, 3.05) is 24.7 Å². The van der Waals surface area contributed by atoms with Crippen LogP contribution in [0.25, 0.3) is 0 Å². The third-order valence-electron chi connectivity index (χ3n) is 2.60. The Bertz CT molecular complexity index is 472. The van der Waals surface area contributed by atoms with E-state index >= 15 is 0 Å². The predicted octanol–water partition coefficient (Wildman–Crippen LogP) is 3.69. The molecule has 1 aromatic heterocycles. The molecular weight excluding hydrogens is 293 g/mol. The fraction of sp³-hybridized carbons (Fsp3) is 0.583. The van der Waals surface area contributed by atoms with Crippen LogP contribution in [0, 0.1) is 0 Å². The van der Waals surface area contributed by atoms with Crippen LogP contribution in [0.15, 0.2) is 0 Å². The zero-order valence-corrected chi connectivity index (χ0v) is 12.1. The summed E-state index contributed by atoms with van der Waals surface area (Å²) in [6.07, 6.45) is -4.77. The second kappa shape index (κ2) is 6.83. The van der Waals surface area contributed by atoms with Crippen molar-refractivity contribution in [3.63, 3.8) is 0 Å². The molecule has 8 heteroatoms. The third kappa shape index (κ3) is 4.29. The number of Topliss-reactive ketones (excluding diaryl/α,β-unsaturated/α-hetero) is 1. The molecule has 1 aromatic rings. The number of thiophene rings is 1. The highest BCUT2D eigenvalue weighted by Crippen LogP contribution is 2.42. The molecule has 0 aromatic carbocycles. The first kappa shape index (κ1) is 16.6. The van der Waals surface area contributed by atoms with E-state index in [0.717, 1.165) is 11.3 Å². The van der Waals surface area contributed by atoms with E-state index < -0.39 is 12.6 Å². The molecule has 0 atom stereocenters. The first-order chi connectivity index (χ1) is 9.30. The van der Waals surface area contributed by atoms with Crippen molar-refractivity contribution in [3.05, 3.63) is 4.88 Å². The van der Waals surface area contributed by atoms with Gasteiger partial charge in [0.1, 0.15) is 5.00 Å². The highest BCUT2D eigenvalue weighted by atomic mass is 32.1. The molecule has 0 spiro atoms. The number of rotatable bonds is 7. The Balaban J connectivity index is 2.72. The Morgan fingerprint density at radius 3 is 2.60 bits per heavy atom. The van der Waals surface area contributed by atoms with Crippen molar-refractivity contribution in [1.29, 1.82) is 0 Å². The molecule has 20 heavy (non-hydrogen) atoms. The average molecular weight is 310 g/mol. The van der Waals surface area contributed by atoms with Crippen LogP contribution in [0.5, 0.6) is 5.75 Å². The zero-order chi connectivity index (χ0) is 15.3. The van der Waals surface area contributed by atoms with Crippen LogP contribution in [-0.4, -0.2) is 25.6 Å². The average Bonchev–Trinajstić information content (AvgIpc) is 2.69. The lowest BCUT2D eigenvalue weighted by molar-refractivity contribution is -0.134. The van der Waals surface area contributed by atoms with E-state index in [1.807, 2.05) is 0 Å². The van der Waals surface area contributed by atoms with Gasteiger partial charge in [-0.2, -0.15) is 13.2 Å². The van der Waals surface area contributed by atoms with Crippen LogP contribution < -0.4 is 15.8 Å². The van der Waals surface area contributed by atoms with Crippen LogP contribution >= 0.6 is 11.3 Å². The first-order valence-corrected chi connectivity index (χ1v) is 6.91. The molecule has 1 heterocycles. The van der Waals surface area contributed by atoms with Gasteiger partial charge in [0.05, 0.1) is 17.7 Å². The molecule has 0 saturated heterocycles. The second-order valence-corrected chi connectivity index (χ2v) is 5.15. The molecule has 0 radical (unpaired) electrons. The molecule has 0 bridgehead atoms. The van der Waals surface area contributed by atoms with Crippen molar-refractivity contribution in [1.82, 2.24) is 0 Å². The van der Waals surface area contributed by atoms with Crippen molar-refractivity contribution < 1.29 is 22.7 Å². The molecule has 114 valence electrons. The minimum Gasteiger partial charge on any atom is -0.492 e. The molecular formula is C12H17F3N2O2S. The standard InChI is InChI=1S/C12H17F3N2O2S/c1-3-7(18)10-8(16)9(19-2)11(20-10)17-6-4-5-12(13,14)15/h17H,3-6,16H2,1-2H3. The number of carbonyl (C=O) groups excluding carboxylic acids is 1. The largest absolute Gasteiger partial charge is 0.492 e. The fourth-order valence-electron chi connectivity index (χ4n) is 1.61. The molecule has 3 N–H and O–H groups in total. The molecule has 1 rings (SSSR count). The van der Waals surface area contributed by atoms with Crippen LogP contribution in [-0.2, 0) is 0 Å². The second-order valence-electron chi connectivity index (χ2n) is 4.13. The Morgan fingerprint density at radius 2 is 2.10 bits per heavy atom. The van der Waals surface area contributed by atoms with Crippen LogP contribution in [0.1, 0.15) is 35.9 Å². The van der Waals surface area contributed by atoms with Crippen molar-refractivity contribution in [2.45, 2.75) is 32.4 Å². The predicted molar refractivity (Wildman–Crippen MR) is 73.7 cm³/mol. The van der Waals surface area contributed by atoms with Gasteiger partial charge in [-0.25, -0.2) is 0 Å². The summed E-state index contributed by atoms with van der Waals surface area (Å²) in [7, 11) is 1.40. The van der Waals surface area contributed by atoms with Crippen molar-refractivity contribution in [3.8, 4) is 5.75 Å². The quantitative estimate of drug-likeness (QED) is 0.595. The summed E-state index contributed by atoms with van der Waals surface area (Å²) in [5.74, 6) is 0.202. The zero-order valence-electron chi connectivity index (χ0n) is 11.3. The number of nitrogens with one attached hydrogen (secondary N) is 1. The number of hydrogen-bond acceptors (Lipinski definition) is 5. The fourth-order valence-corrected chi connectivity index (χ4v) is 2.73. The highest BCUT2D eigenvalue weighted by molar-refractivity contribution is 7.19. The van der Waals surface area contributed by atoms with Gasteiger partial charge in [0.15, 0.2) is 11.5 Å². The maximum absolute atomic E-state index is 12.0. The smallest absolute Gasteiger partial charge is 0.389 e. The number of halogens is 3. The summed E-state index contributed by atoms with van der Waals surface area (Å²) in [5.41, 5.74) is 6.05. The summed E-state index contributed by atoms with van der Waals surface area (Å²) in [6, 6.07) is 0. The summed E-state index contributed by atoms with van der Waals surface area (Å²) < 4.78 is 41.2. The van der Waals surface area contributed by atoms with Gasteiger partial charge in [0, 0.05) is 19.4 Å². The van der Waals surface area contributed by atoms with E-state index in [2.05, 4.69) is 5.32 Å².